The third kappa shape index (κ3) is 2.90. The van der Waals surface area contributed by atoms with E-state index >= 15 is 0 Å². The number of carboxylic acid groups (broad SMARTS) is 1. The number of carboxylic acids is 1. The molecule has 0 bridgehead atoms. The van der Waals surface area contributed by atoms with E-state index in [1.165, 1.54) is 19.2 Å². The summed E-state index contributed by atoms with van der Waals surface area (Å²) in [5.41, 5.74) is 0.335. The number of ether oxygens (including phenoxy) is 1. The summed E-state index contributed by atoms with van der Waals surface area (Å²) in [7, 11) is 1.50. The molecule has 1 aliphatic heterocycles. The second kappa shape index (κ2) is 5.75. The van der Waals surface area contributed by atoms with Crippen molar-refractivity contribution in [3.8, 4) is 5.75 Å². The summed E-state index contributed by atoms with van der Waals surface area (Å²) in [6, 6.07) is 4.52. The number of amides is 1. The minimum Gasteiger partial charge on any atom is -0.497 e. The maximum Gasteiger partial charge on any atom is 0.337 e. The molecule has 0 aromatic heterocycles. The molecular formula is C14H17NO4S. The smallest absolute Gasteiger partial charge is 0.337 e. The maximum atomic E-state index is 12.3. The molecule has 0 saturated carbocycles. The van der Waals surface area contributed by atoms with E-state index in [0.717, 1.165) is 18.6 Å². The Labute approximate surface area is 121 Å². The zero-order valence-corrected chi connectivity index (χ0v) is 12.3. The van der Waals surface area contributed by atoms with Crippen molar-refractivity contribution in [3.05, 3.63) is 23.8 Å². The number of rotatable bonds is 4. The van der Waals surface area contributed by atoms with Crippen molar-refractivity contribution in [3.63, 3.8) is 0 Å². The second-order valence-electron chi connectivity index (χ2n) is 4.85. The molecule has 1 aliphatic rings. The van der Waals surface area contributed by atoms with Crippen molar-refractivity contribution in [2.45, 2.75) is 24.5 Å². The van der Waals surface area contributed by atoms with Crippen molar-refractivity contribution in [2.75, 3.05) is 18.2 Å². The van der Waals surface area contributed by atoms with Crippen LogP contribution in [0.4, 0.5) is 5.69 Å². The molecule has 1 unspecified atom stereocenters. The van der Waals surface area contributed by atoms with Crippen LogP contribution in [0, 0.1) is 0 Å². The molecule has 108 valence electrons. The van der Waals surface area contributed by atoms with E-state index < -0.39 is 10.7 Å². The molecule has 1 heterocycles. The van der Waals surface area contributed by atoms with Gasteiger partial charge in [-0.1, -0.05) is 0 Å². The summed E-state index contributed by atoms with van der Waals surface area (Å²) >= 11 is 1.61. The molecule has 2 rings (SSSR count). The Kier molecular flexibility index (Phi) is 4.23. The van der Waals surface area contributed by atoms with Crippen LogP contribution in [0.1, 0.15) is 30.1 Å². The Bertz CT molecular complexity index is 538. The molecule has 1 aromatic carbocycles. The lowest BCUT2D eigenvalue weighted by atomic mass is 10.0. The normalized spacial score (nSPS) is 21.5. The average Bonchev–Trinajstić information content (AvgIpc) is 2.86. The van der Waals surface area contributed by atoms with Crippen LogP contribution in [0.5, 0.6) is 5.75 Å². The Hall–Kier alpha value is -1.69. The Morgan fingerprint density at radius 1 is 1.45 bits per heavy atom. The van der Waals surface area contributed by atoms with E-state index in [4.69, 9.17) is 4.74 Å². The third-order valence-electron chi connectivity index (χ3n) is 3.40. The van der Waals surface area contributed by atoms with Gasteiger partial charge in [0.15, 0.2) is 0 Å². The zero-order valence-electron chi connectivity index (χ0n) is 11.4. The van der Waals surface area contributed by atoms with Crippen molar-refractivity contribution >= 4 is 29.3 Å². The fraction of sp³-hybridized carbons (Fsp3) is 0.429. The standard InChI is InChI=1S/C14H17NO4S/c1-14(6-3-7-20-14)13(18)15-11-8-9(19-2)4-5-10(11)12(16)17/h4-5,8H,3,6-7H2,1-2H3,(H,15,18)(H,16,17). The molecule has 1 saturated heterocycles. The van der Waals surface area contributed by atoms with Gasteiger partial charge in [-0.05, 0) is 37.7 Å². The van der Waals surface area contributed by atoms with Crippen molar-refractivity contribution < 1.29 is 19.4 Å². The number of aromatic carboxylic acids is 1. The minimum atomic E-state index is -1.08. The highest BCUT2D eigenvalue weighted by Gasteiger charge is 2.37. The van der Waals surface area contributed by atoms with Gasteiger partial charge in [0.1, 0.15) is 5.75 Å². The van der Waals surface area contributed by atoms with Gasteiger partial charge in [0.25, 0.3) is 0 Å². The van der Waals surface area contributed by atoms with Gasteiger partial charge in [-0.3, -0.25) is 4.79 Å². The van der Waals surface area contributed by atoms with Crippen LogP contribution in [-0.2, 0) is 4.79 Å². The quantitative estimate of drug-likeness (QED) is 0.893. The predicted molar refractivity (Wildman–Crippen MR) is 78.7 cm³/mol. The summed E-state index contributed by atoms with van der Waals surface area (Å²) < 4.78 is 4.59. The Morgan fingerprint density at radius 3 is 2.75 bits per heavy atom. The number of thioether (sulfide) groups is 1. The van der Waals surface area contributed by atoms with Gasteiger partial charge in [0.2, 0.25) is 5.91 Å². The molecule has 1 fully saturated rings. The molecule has 6 heteroatoms. The van der Waals surface area contributed by atoms with Gasteiger partial charge in [-0.25, -0.2) is 4.79 Å². The molecule has 5 nitrogen and oxygen atoms in total. The van der Waals surface area contributed by atoms with Gasteiger partial charge >= 0.3 is 5.97 Å². The summed E-state index contributed by atoms with van der Waals surface area (Å²) in [6.07, 6.45) is 1.80. The lowest BCUT2D eigenvalue weighted by Crippen LogP contribution is -2.35. The van der Waals surface area contributed by atoms with E-state index in [1.807, 2.05) is 6.92 Å². The molecule has 0 radical (unpaired) electrons. The van der Waals surface area contributed by atoms with Gasteiger partial charge in [-0.15, -0.1) is 11.8 Å². The van der Waals surface area contributed by atoms with Gasteiger partial charge in [0.05, 0.1) is 23.1 Å². The highest BCUT2D eigenvalue weighted by Crippen LogP contribution is 2.39. The van der Waals surface area contributed by atoms with Crippen LogP contribution in [0.3, 0.4) is 0 Å². The summed E-state index contributed by atoms with van der Waals surface area (Å²) in [5.74, 6) is 0.228. The first kappa shape index (κ1) is 14.7. The van der Waals surface area contributed by atoms with E-state index in [9.17, 15) is 14.7 Å². The topological polar surface area (TPSA) is 75.6 Å². The number of hydrogen-bond donors (Lipinski definition) is 2. The maximum absolute atomic E-state index is 12.3. The molecule has 20 heavy (non-hydrogen) atoms. The van der Waals surface area contributed by atoms with E-state index in [0.29, 0.717) is 5.75 Å². The van der Waals surface area contributed by atoms with E-state index in [-0.39, 0.29) is 17.2 Å². The van der Waals surface area contributed by atoms with Crippen LogP contribution in [-0.4, -0.2) is 34.6 Å². The molecule has 1 amide bonds. The first-order valence-corrected chi connectivity index (χ1v) is 7.31. The SMILES string of the molecule is COc1ccc(C(=O)O)c(NC(=O)C2(C)CCCS2)c1. The molecular weight excluding hydrogens is 278 g/mol. The van der Waals surface area contributed by atoms with Crippen LogP contribution < -0.4 is 10.1 Å². The fourth-order valence-corrected chi connectivity index (χ4v) is 3.36. The second-order valence-corrected chi connectivity index (χ2v) is 6.45. The number of carbonyl (C=O) groups is 2. The van der Waals surface area contributed by atoms with Gasteiger partial charge in [-0.2, -0.15) is 0 Å². The number of nitrogens with one attached hydrogen (secondary N) is 1. The Balaban J connectivity index is 2.27. The van der Waals surface area contributed by atoms with Crippen LogP contribution in [0.25, 0.3) is 0 Å². The van der Waals surface area contributed by atoms with Crippen molar-refractivity contribution in [2.24, 2.45) is 0 Å². The summed E-state index contributed by atoms with van der Waals surface area (Å²) in [4.78, 5) is 23.6. The minimum absolute atomic E-state index is 0.0609. The zero-order chi connectivity index (χ0) is 14.8. The molecule has 1 aromatic rings. The molecule has 0 aliphatic carbocycles. The highest BCUT2D eigenvalue weighted by atomic mass is 32.2. The highest BCUT2D eigenvalue weighted by molar-refractivity contribution is 8.01. The number of anilines is 1. The van der Waals surface area contributed by atoms with Crippen molar-refractivity contribution in [1.82, 2.24) is 0 Å². The number of carbonyl (C=O) groups excluding carboxylic acids is 1. The van der Waals surface area contributed by atoms with E-state index in [1.54, 1.807) is 17.8 Å². The van der Waals surface area contributed by atoms with Crippen LogP contribution in [0.15, 0.2) is 18.2 Å². The largest absolute Gasteiger partial charge is 0.497 e. The van der Waals surface area contributed by atoms with Gasteiger partial charge < -0.3 is 15.2 Å². The van der Waals surface area contributed by atoms with E-state index in [2.05, 4.69) is 5.32 Å². The summed E-state index contributed by atoms with van der Waals surface area (Å²) in [6.45, 7) is 1.89. The fourth-order valence-electron chi connectivity index (χ4n) is 2.15. The number of benzene rings is 1. The summed E-state index contributed by atoms with van der Waals surface area (Å²) in [5, 5.41) is 11.9. The van der Waals surface area contributed by atoms with Crippen molar-refractivity contribution in [1.29, 1.82) is 0 Å². The number of hydrogen-bond acceptors (Lipinski definition) is 4. The Morgan fingerprint density at radius 2 is 2.20 bits per heavy atom. The first-order valence-electron chi connectivity index (χ1n) is 6.33. The number of methoxy groups -OCH3 is 1. The molecule has 0 spiro atoms. The monoisotopic (exact) mass is 295 g/mol. The molecule has 1 atom stereocenters. The average molecular weight is 295 g/mol. The molecule has 2 N–H and O–H groups in total. The van der Waals surface area contributed by atoms with Gasteiger partial charge in [0, 0.05) is 6.07 Å². The lowest BCUT2D eigenvalue weighted by Gasteiger charge is -2.22. The third-order valence-corrected chi connectivity index (χ3v) is 4.92. The lowest BCUT2D eigenvalue weighted by molar-refractivity contribution is -0.118. The predicted octanol–water partition coefficient (Wildman–Crippen LogP) is 2.62. The first-order chi connectivity index (χ1) is 9.46. The van der Waals surface area contributed by atoms with Crippen LogP contribution in [0.2, 0.25) is 0 Å². The van der Waals surface area contributed by atoms with Crippen LogP contribution >= 0.6 is 11.8 Å².